The third-order valence-corrected chi connectivity index (χ3v) is 5.34. The van der Waals surface area contributed by atoms with E-state index in [2.05, 4.69) is 41.8 Å². The first-order valence-corrected chi connectivity index (χ1v) is 10.9. The second kappa shape index (κ2) is 10.1. The van der Waals surface area contributed by atoms with E-state index in [4.69, 9.17) is 0 Å². The molecule has 0 unspecified atom stereocenters. The molecule has 2 amide bonds. The van der Waals surface area contributed by atoms with E-state index < -0.39 is 0 Å². The van der Waals surface area contributed by atoms with E-state index in [1.54, 1.807) is 12.3 Å². The third-order valence-electron chi connectivity index (χ3n) is 4.65. The fourth-order valence-electron chi connectivity index (χ4n) is 3.15. The van der Waals surface area contributed by atoms with Crippen LogP contribution in [0.3, 0.4) is 0 Å². The Morgan fingerprint density at radius 3 is 2.33 bits per heavy atom. The Bertz CT molecular complexity index is 1310. The number of anilines is 4. The molecule has 33 heavy (non-hydrogen) atoms. The van der Waals surface area contributed by atoms with Crippen LogP contribution in [0.5, 0.6) is 0 Å². The van der Waals surface area contributed by atoms with Crippen molar-refractivity contribution in [3.63, 3.8) is 0 Å². The molecule has 1 aromatic heterocycles. The predicted molar refractivity (Wildman–Crippen MR) is 134 cm³/mol. The summed E-state index contributed by atoms with van der Waals surface area (Å²) in [6.07, 6.45) is 1.67. The molecule has 3 N–H and O–H groups in total. The van der Waals surface area contributed by atoms with Crippen LogP contribution < -0.4 is 16.0 Å². The molecule has 0 radical (unpaired) electrons. The Hall–Kier alpha value is -4.04. The molecule has 0 aliphatic rings. The second-order valence-electron chi connectivity index (χ2n) is 7.16. The molecule has 0 aliphatic carbocycles. The van der Waals surface area contributed by atoms with Crippen molar-refractivity contribution in [1.82, 2.24) is 9.97 Å². The SMILES string of the molecule is CC(=O)Nc1ccc(-c2ccnc(Nc3cccc(NC(=O)c4ccccc4Br)c3)n2)cc1. The normalized spacial score (nSPS) is 10.4. The van der Waals surface area contributed by atoms with Crippen molar-refractivity contribution in [3.8, 4) is 11.3 Å². The highest BCUT2D eigenvalue weighted by molar-refractivity contribution is 9.10. The molecule has 4 aromatic rings. The summed E-state index contributed by atoms with van der Waals surface area (Å²) in [5.41, 5.74) is 4.28. The maximum Gasteiger partial charge on any atom is 0.256 e. The fraction of sp³-hybridized carbons (Fsp3) is 0.0400. The molecule has 0 bridgehead atoms. The van der Waals surface area contributed by atoms with Gasteiger partial charge in [-0.3, -0.25) is 9.59 Å². The highest BCUT2D eigenvalue weighted by atomic mass is 79.9. The van der Waals surface area contributed by atoms with Crippen molar-refractivity contribution in [2.24, 2.45) is 0 Å². The van der Waals surface area contributed by atoms with Crippen molar-refractivity contribution >= 4 is 50.8 Å². The van der Waals surface area contributed by atoms with Gasteiger partial charge in [-0.1, -0.05) is 30.3 Å². The molecule has 0 atom stereocenters. The molecule has 0 spiro atoms. The average molecular weight is 502 g/mol. The van der Waals surface area contributed by atoms with Crippen LogP contribution in [0.4, 0.5) is 23.0 Å². The lowest BCUT2D eigenvalue weighted by Gasteiger charge is -2.10. The Morgan fingerprint density at radius 1 is 0.818 bits per heavy atom. The van der Waals surface area contributed by atoms with Crippen LogP contribution in [-0.4, -0.2) is 21.8 Å². The van der Waals surface area contributed by atoms with E-state index in [1.165, 1.54) is 6.92 Å². The smallest absolute Gasteiger partial charge is 0.256 e. The standard InChI is InChI=1S/C25H20BrN5O2/c1-16(32)28-18-11-9-17(10-12-18)23-13-14-27-25(31-23)30-20-6-4-5-19(15-20)29-24(33)21-7-2-3-8-22(21)26/h2-15H,1H3,(H,28,32)(H,29,33)(H,27,30,31). The number of carbonyl (C=O) groups excluding carboxylic acids is 2. The van der Waals surface area contributed by atoms with Gasteiger partial charge >= 0.3 is 0 Å². The van der Waals surface area contributed by atoms with Gasteiger partial charge in [-0.2, -0.15) is 0 Å². The lowest BCUT2D eigenvalue weighted by molar-refractivity contribution is -0.114. The largest absolute Gasteiger partial charge is 0.326 e. The Morgan fingerprint density at radius 2 is 1.58 bits per heavy atom. The number of aromatic nitrogens is 2. The van der Waals surface area contributed by atoms with E-state index in [-0.39, 0.29) is 11.8 Å². The van der Waals surface area contributed by atoms with Crippen LogP contribution in [0, 0.1) is 0 Å². The number of nitrogens with one attached hydrogen (secondary N) is 3. The summed E-state index contributed by atoms with van der Waals surface area (Å²) in [6, 6.07) is 23.8. The predicted octanol–water partition coefficient (Wildman–Crippen LogP) is 5.86. The minimum Gasteiger partial charge on any atom is -0.326 e. The second-order valence-corrected chi connectivity index (χ2v) is 8.02. The molecular formula is C25H20BrN5O2. The molecule has 1 heterocycles. The maximum atomic E-state index is 12.6. The van der Waals surface area contributed by atoms with E-state index in [1.807, 2.05) is 72.8 Å². The lowest BCUT2D eigenvalue weighted by Crippen LogP contribution is -2.12. The van der Waals surface area contributed by atoms with Gasteiger partial charge in [0.2, 0.25) is 11.9 Å². The number of benzene rings is 3. The summed E-state index contributed by atoms with van der Waals surface area (Å²) < 4.78 is 0.729. The van der Waals surface area contributed by atoms with Crippen molar-refractivity contribution in [2.45, 2.75) is 6.92 Å². The molecule has 4 rings (SSSR count). The first-order valence-electron chi connectivity index (χ1n) is 10.1. The van der Waals surface area contributed by atoms with Gasteiger partial charge in [0.25, 0.3) is 5.91 Å². The van der Waals surface area contributed by atoms with E-state index >= 15 is 0 Å². The number of hydrogen-bond acceptors (Lipinski definition) is 5. The average Bonchev–Trinajstić information content (AvgIpc) is 2.80. The Labute approximate surface area is 199 Å². The first kappa shape index (κ1) is 22.2. The zero-order valence-electron chi connectivity index (χ0n) is 17.7. The highest BCUT2D eigenvalue weighted by Gasteiger charge is 2.10. The van der Waals surface area contributed by atoms with Crippen molar-refractivity contribution in [2.75, 3.05) is 16.0 Å². The number of carbonyl (C=O) groups is 2. The Balaban J connectivity index is 1.48. The number of amides is 2. The maximum absolute atomic E-state index is 12.6. The van der Waals surface area contributed by atoms with E-state index in [9.17, 15) is 9.59 Å². The summed E-state index contributed by atoms with van der Waals surface area (Å²) in [6.45, 7) is 1.47. The molecule has 164 valence electrons. The molecular weight excluding hydrogens is 482 g/mol. The summed E-state index contributed by atoms with van der Waals surface area (Å²) in [4.78, 5) is 32.6. The number of nitrogens with zero attached hydrogens (tertiary/aromatic N) is 2. The van der Waals surface area contributed by atoms with Crippen molar-refractivity contribution in [1.29, 1.82) is 0 Å². The minimum absolute atomic E-state index is 0.119. The minimum atomic E-state index is -0.208. The van der Waals surface area contributed by atoms with E-state index in [0.717, 1.165) is 27.1 Å². The van der Waals surface area contributed by atoms with Gasteiger partial charge in [0.15, 0.2) is 0 Å². The van der Waals surface area contributed by atoms with Crippen LogP contribution in [-0.2, 0) is 4.79 Å². The molecule has 8 heteroatoms. The number of rotatable bonds is 6. The summed E-state index contributed by atoms with van der Waals surface area (Å²) in [5.74, 6) is 0.0967. The zero-order chi connectivity index (χ0) is 23.2. The van der Waals surface area contributed by atoms with Gasteiger partial charge in [0.05, 0.1) is 11.3 Å². The molecule has 0 aliphatic heterocycles. The Kier molecular flexibility index (Phi) is 6.75. The monoisotopic (exact) mass is 501 g/mol. The van der Waals surface area contributed by atoms with Gasteiger partial charge in [-0.15, -0.1) is 0 Å². The fourth-order valence-corrected chi connectivity index (χ4v) is 3.62. The highest BCUT2D eigenvalue weighted by Crippen LogP contribution is 2.23. The quantitative estimate of drug-likeness (QED) is 0.307. The van der Waals surface area contributed by atoms with Gasteiger partial charge in [-0.25, -0.2) is 9.97 Å². The molecule has 7 nitrogen and oxygen atoms in total. The van der Waals surface area contributed by atoms with Crippen LogP contribution in [0.15, 0.2) is 89.5 Å². The van der Waals surface area contributed by atoms with Gasteiger partial charge in [0, 0.05) is 40.2 Å². The van der Waals surface area contributed by atoms with Crippen molar-refractivity contribution in [3.05, 3.63) is 95.1 Å². The van der Waals surface area contributed by atoms with Gasteiger partial charge in [-0.05, 0) is 64.5 Å². The van der Waals surface area contributed by atoms with Crippen LogP contribution in [0.1, 0.15) is 17.3 Å². The van der Waals surface area contributed by atoms with Crippen LogP contribution in [0.2, 0.25) is 0 Å². The lowest BCUT2D eigenvalue weighted by atomic mass is 10.1. The molecule has 3 aromatic carbocycles. The van der Waals surface area contributed by atoms with Crippen molar-refractivity contribution < 1.29 is 9.59 Å². The number of hydrogen-bond donors (Lipinski definition) is 3. The third kappa shape index (κ3) is 5.81. The summed E-state index contributed by atoms with van der Waals surface area (Å²) in [7, 11) is 0. The summed E-state index contributed by atoms with van der Waals surface area (Å²) in [5, 5.41) is 8.82. The van der Waals surface area contributed by atoms with Crippen LogP contribution in [0.25, 0.3) is 11.3 Å². The van der Waals surface area contributed by atoms with E-state index in [0.29, 0.717) is 17.2 Å². The molecule has 0 fully saturated rings. The zero-order valence-corrected chi connectivity index (χ0v) is 19.3. The summed E-state index contributed by atoms with van der Waals surface area (Å²) >= 11 is 3.40. The molecule has 0 saturated carbocycles. The topological polar surface area (TPSA) is 96.0 Å². The molecule has 0 saturated heterocycles. The first-order chi connectivity index (χ1) is 16.0. The van der Waals surface area contributed by atoms with Crippen LogP contribution >= 0.6 is 15.9 Å². The van der Waals surface area contributed by atoms with Gasteiger partial charge < -0.3 is 16.0 Å². The van der Waals surface area contributed by atoms with Gasteiger partial charge in [0.1, 0.15) is 0 Å². The number of halogens is 1.